The molecule has 0 radical (unpaired) electrons. The van der Waals surface area contributed by atoms with E-state index in [4.69, 9.17) is 0 Å². The third-order valence-electron chi connectivity index (χ3n) is 2.85. The third kappa shape index (κ3) is 3.64. The quantitative estimate of drug-likeness (QED) is 0.539. The lowest BCUT2D eigenvalue weighted by Crippen LogP contribution is -1.93. The summed E-state index contributed by atoms with van der Waals surface area (Å²) in [7, 11) is 0. The van der Waals surface area contributed by atoms with Gasteiger partial charge in [-0.25, -0.2) is 0 Å². The van der Waals surface area contributed by atoms with Crippen LogP contribution in [0.15, 0.2) is 46.4 Å². The van der Waals surface area contributed by atoms with Gasteiger partial charge >= 0.3 is 0 Å². The van der Waals surface area contributed by atoms with Crippen LogP contribution in [0.2, 0.25) is 0 Å². The highest BCUT2D eigenvalue weighted by Gasteiger charge is 2.05. The van der Waals surface area contributed by atoms with Crippen molar-refractivity contribution in [3.05, 3.63) is 51.3 Å². The number of halogens is 1. The minimum Gasteiger partial charge on any atom is -0.298 e. The molecule has 0 N–H and O–H groups in total. The SMILES string of the molecule is CC(C)C(C=O)=Cc1ccc(-c2cccc(Br)c2)s1. The number of carbonyl (C=O) groups excluding carboxylic acids is 1. The second-order valence-corrected chi connectivity index (χ2v) is 6.66. The van der Waals surface area contributed by atoms with Gasteiger partial charge in [-0.2, -0.15) is 0 Å². The van der Waals surface area contributed by atoms with Crippen molar-refractivity contribution in [1.82, 2.24) is 0 Å². The van der Waals surface area contributed by atoms with Gasteiger partial charge in [0, 0.05) is 14.2 Å². The summed E-state index contributed by atoms with van der Waals surface area (Å²) in [6.07, 6.45) is 2.92. The lowest BCUT2D eigenvalue weighted by Gasteiger charge is -2.01. The van der Waals surface area contributed by atoms with E-state index in [1.54, 1.807) is 11.3 Å². The fourth-order valence-electron chi connectivity index (χ4n) is 1.73. The third-order valence-corrected chi connectivity index (χ3v) is 4.42. The van der Waals surface area contributed by atoms with E-state index in [2.05, 4.69) is 40.2 Å². The molecule has 2 rings (SSSR count). The van der Waals surface area contributed by atoms with E-state index in [0.29, 0.717) is 0 Å². The molecule has 0 spiro atoms. The Morgan fingerprint density at radius 1 is 1.26 bits per heavy atom. The fraction of sp³-hybridized carbons (Fsp3) is 0.188. The molecule has 0 fully saturated rings. The molecule has 0 bridgehead atoms. The van der Waals surface area contributed by atoms with Gasteiger partial charge in [0.25, 0.3) is 0 Å². The van der Waals surface area contributed by atoms with E-state index in [0.717, 1.165) is 21.2 Å². The van der Waals surface area contributed by atoms with Gasteiger partial charge in [0.15, 0.2) is 0 Å². The molecule has 0 atom stereocenters. The summed E-state index contributed by atoms with van der Waals surface area (Å²) < 4.78 is 1.08. The van der Waals surface area contributed by atoms with Crippen LogP contribution in [0.1, 0.15) is 18.7 Å². The molecule has 1 aromatic carbocycles. The molecule has 1 heterocycles. The predicted octanol–water partition coefficient (Wildman–Crippen LogP) is 5.42. The van der Waals surface area contributed by atoms with E-state index in [1.807, 2.05) is 32.1 Å². The van der Waals surface area contributed by atoms with Gasteiger partial charge < -0.3 is 0 Å². The number of hydrogen-bond acceptors (Lipinski definition) is 2. The van der Waals surface area contributed by atoms with E-state index in [-0.39, 0.29) is 5.92 Å². The Kier molecular flexibility index (Phi) is 4.72. The summed E-state index contributed by atoms with van der Waals surface area (Å²) >= 11 is 5.18. The molecule has 3 heteroatoms. The number of benzene rings is 1. The molecule has 0 aliphatic heterocycles. The van der Waals surface area contributed by atoms with E-state index in [1.165, 1.54) is 10.4 Å². The van der Waals surface area contributed by atoms with Crippen molar-refractivity contribution in [1.29, 1.82) is 0 Å². The minimum absolute atomic E-state index is 0.258. The number of hydrogen-bond donors (Lipinski definition) is 0. The van der Waals surface area contributed by atoms with Crippen molar-refractivity contribution in [2.45, 2.75) is 13.8 Å². The van der Waals surface area contributed by atoms with Gasteiger partial charge in [-0.1, -0.05) is 41.9 Å². The van der Waals surface area contributed by atoms with Crippen molar-refractivity contribution < 1.29 is 4.79 Å². The Morgan fingerprint density at radius 2 is 2.05 bits per heavy atom. The Morgan fingerprint density at radius 3 is 2.68 bits per heavy atom. The van der Waals surface area contributed by atoms with E-state index >= 15 is 0 Å². The zero-order chi connectivity index (χ0) is 13.8. The first-order chi connectivity index (χ1) is 9.10. The molecular formula is C16H15BrOS. The molecule has 0 unspecified atom stereocenters. The lowest BCUT2D eigenvalue weighted by molar-refractivity contribution is -0.105. The smallest absolute Gasteiger partial charge is 0.146 e. The summed E-state index contributed by atoms with van der Waals surface area (Å²) in [6.45, 7) is 4.06. The van der Waals surface area contributed by atoms with Gasteiger partial charge in [-0.05, 0) is 47.4 Å². The largest absolute Gasteiger partial charge is 0.298 e. The Labute approximate surface area is 126 Å². The summed E-state index contributed by atoms with van der Waals surface area (Å²) in [5, 5.41) is 0. The first-order valence-corrected chi connectivity index (χ1v) is 7.73. The number of aldehydes is 1. The van der Waals surface area contributed by atoms with Crippen LogP contribution in [0, 0.1) is 5.92 Å². The zero-order valence-electron chi connectivity index (χ0n) is 10.9. The van der Waals surface area contributed by atoms with Crippen molar-refractivity contribution in [2.75, 3.05) is 0 Å². The molecular weight excluding hydrogens is 320 g/mol. The molecule has 2 aromatic rings. The summed E-state index contributed by atoms with van der Waals surface area (Å²) in [4.78, 5) is 13.3. The second-order valence-electron chi connectivity index (χ2n) is 4.63. The van der Waals surface area contributed by atoms with Crippen LogP contribution in [-0.4, -0.2) is 6.29 Å². The molecule has 98 valence electrons. The van der Waals surface area contributed by atoms with Crippen LogP contribution >= 0.6 is 27.3 Å². The summed E-state index contributed by atoms with van der Waals surface area (Å²) in [5.41, 5.74) is 2.03. The molecule has 19 heavy (non-hydrogen) atoms. The number of carbonyl (C=O) groups is 1. The molecule has 0 saturated carbocycles. The van der Waals surface area contributed by atoms with Gasteiger partial charge in [-0.15, -0.1) is 11.3 Å². The average Bonchev–Trinajstić information content (AvgIpc) is 2.84. The highest BCUT2D eigenvalue weighted by Crippen LogP contribution is 2.31. The standard InChI is InChI=1S/C16H15BrOS/c1-11(2)13(10-18)9-15-6-7-16(19-15)12-4-3-5-14(17)8-12/h3-11H,1-2H3. The van der Waals surface area contributed by atoms with E-state index < -0.39 is 0 Å². The van der Waals surface area contributed by atoms with Gasteiger partial charge in [0.2, 0.25) is 0 Å². The van der Waals surface area contributed by atoms with Crippen LogP contribution in [0.4, 0.5) is 0 Å². The normalized spacial score (nSPS) is 11.9. The highest BCUT2D eigenvalue weighted by molar-refractivity contribution is 9.10. The van der Waals surface area contributed by atoms with Crippen LogP contribution < -0.4 is 0 Å². The lowest BCUT2D eigenvalue weighted by atomic mass is 10.0. The molecule has 0 saturated heterocycles. The summed E-state index contributed by atoms with van der Waals surface area (Å²) in [5.74, 6) is 0.258. The molecule has 0 aliphatic rings. The first kappa shape index (κ1) is 14.2. The van der Waals surface area contributed by atoms with Gasteiger partial charge in [-0.3, -0.25) is 4.79 Å². The van der Waals surface area contributed by atoms with Gasteiger partial charge in [0.1, 0.15) is 6.29 Å². The Bertz CT molecular complexity index is 611. The van der Waals surface area contributed by atoms with E-state index in [9.17, 15) is 4.79 Å². The Hall–Kier alpha value is -1.19. The second kappa shape index (κ2) is 6.31. The predicted molar refractivity (Wildman–Crippen MR) is 86.3 cm³/mol. The monoisotopic (exact) mass is 334 g/mol. The Balaban J connectivity index is 2.31. The maximum Gasteiger partial charge on any atom is 0.146 e. The van der Waals surface area contributed by atoms with Gasteiger partial charge in [0.05, 0.1) is 0 Å². The first-order valence-electron chi connectivity index (χ1n) is 6.12. The topological polar surface area (TPSA) is 17.1 Å². The van der Waals surface area contributed by atoms with Crippen molar-refractivity contribution in [3.63, 3.8) is 0 Å². The number of allylic oxidation sites excluding steroid dienone is 1. The fourth-order valence-corrected chi connectivity index (χ4v) is 3.09. The molecule has 0 aliphatic carbocycles. The summed E-state index contributed by atoms with van der Waals surface area (Å²) in [6, 6.07) is 12.4. The average molecular weight is 335 g/mol. The van der Waals surface area contributed by atoms with Crippen LogP contribution in [0.5, 0.6) is 0 Å². The maximum absolute atomic E-state index is 11.0. The van der Waals surface area contributed by atoms with Crippen molar-refractivity contribution in [2.24, 2.45) is 5.92 Å². The van der Waals surface area contributed by atoms with Crippen LogP contribution in [0.25, 0.3) is 16.5 Å². The van der Waals surface area contributed by atoms with Crippen molar-refractivity contribution >= 4 is 39.6 Å². The number of rotatable bonds is 4. The van der Waals surface area contributed by atoms with Crippen LogP contribution in [-0.2, 0) is 4.79 Å². The van der Waals surface area contributed by atoms with Crippen LogP contribution in [0.3, 0.4) is 0 Å². The highest BCUT2D eigenvalue weighted by atomic mass is 79.9. The maximum atomic E-state index is 11.0. The molecule has 1 aromatic heterocycles. The van der Waals surface area contributed by atoms with Crippen molar-refractivity contribution in [3.8, 4) is 10.4 Å². The zero-order valence-corrected chi connectivity index (χ0v) is 13.3. The molecule has 0 amide bonds. The minimum atomic E-state index is 0.258. The molecule has 1 nitrogen and oxygen atoms in total. The number of thiophene rings is 1.